The average Bonchev–Trinajstić information content (AvgIpc) is 2.41. The molecule has 1 heterocycles. The number of anilines is 1. The maximum atomic E-state index is 12.3. The molecule has 1 saturated heterocycles. The van der Waals surface area contributed by atoms with Crippen molar-refractivity contribution in [2.45, 2.75) is 23.8 Å². The van der Waals surface area contributed by atoms with Gasteiger partial charge in [-0.1, -0.05) is 12.1 Å². The summed E-state index contributed by atoms with van der Waals surface area (Å²) in [6.07, 6.45) is 0.645. The van der Waals surface area contributed by atoms with Crippen molar-refractivity contribution < 1.29 is 16.8 Å². The second kappa shape index (κ2) is 5.71. The van der Waals surface area contributed by atoms with Crippen LogP contribution in [-0.2, 0) is 19.9 Å². The molecule has 1 aromatic rings. The van der Waals surface area contributed by atoms with Crippen molar-refractivity contribution >= 4 is 25.5 Å². The smallest absolute Gasteiger partial charge is 0.242 e. The van der Waals surface area contributed by atoms with E-state index in [1.54, 1.807) is 25.2 Å². The van der Waals surface area contributed by atoms with Gasteiger partial charge in [0.05, 0.1) is 17.2 Å². The van der Waals surface area contributed by atoms with Gasteiger partial charge in [0.25, 0.3) is 0 Å². The number of sulfone groups is 1. The molecular weight excluding hydrogens is 300 g/mol. The lowest BCUT2D eigenvalue weighted by Crippen LogP contribution is -2.40. The van der Waals surface area contributed by atoms with E-state index in [4.69, 9.17) is 0 Å². The van der Waals surface area contributed by atoms with E-state index in [0.29, 0.717) is 18.5 Å². The number of para-hydroxylation sites is 1. The first-order chi connectivity index (χ1) is 9.34. The Labute approximate surface area is 119 Å². The Hall–Kier alpha value is -1.12. The highest BCUT2D eigenvalue weighted by Gasteiger charge is 2.28. The standard InChI is InChI=1S/C12H18N2O4S2/c1-13-11-4-2-3-5-12(11)20(17,18)14-10-6-8-19(15,16)9-7-10/h2-5,10,13-14H,6-9H2,1H3. The van der Waals surface area contributed by atoms with Crippen molar-refractivity contribution in [3.8, 4) is 0 Å². The molecule has 0 atom stereocenters. The summed E-state index contributed by atoms with van der Waals surface area (Å²) in [6, 6.07) is 6.28. The minimum atomic E-state index is -3.65. The molecule has 1 aliphatic heterocycles. The molecule has 0 radical (unpaired) electrons. The Balaban J connectivity index is 2.16. The van der Waals surface area contributed by atoms with Crippen LogP contribution in [0.4, 0.5) is 5.69 Å². The van der Waals surface area contributed by atoms with E-state index in [2.05, 4.69) is 10.0 Å². The first-order valence-corrected chi connectivity index (χ1v) is 9.64. The highest BCUT2D eigenvalue weighted by Crippen LogP contribution is 2.22. The number of rotatable bonds is 4. The third kappa shape index (κ3) is 3.50. The average molecular weight is 318 g/mol. The topological polar surface area (TPSA) is 92.3 Å². The number of hydrogen-bond acceptors (Lipinski definition) is 5. The minimum Gasteiger partial charge on any atom is -0.387 e. The van der Waals surface area contributed by atoms with E-state index in [-0.39, 0.29) is 22.4 Å². The van der Waals surface area contributed by atoms with Crippen molar-refractivity contribution in [3.63, 3.8) is 0 Å². The largest absolute Gasteiger partial charge is 0.387 e. The molecule has 0 unspecified atom stereocenters. The van der Waals surface area contributed by atoms with E-state index in [1.807, 2.05) is 0 Å². The molecular formula is C12H18N2O4S2. The van der Waals surface area contributed by atoms with Crippen molar-refractivity contribution in [3.05, 3.63) is 24.3 Å². The summed E-state index contributed by atoms with van der Waals surface area (Å²) in [4.78, 5) is 0.177. The van der Waals surface area contributed by atoms with Gasteiger partial charge in [0.2, 0.25) is 10.0 Å². The van der Waals surface area contributed by atoms with Crippen LogP contribution in [0.15, 0.2) is 29.2 Å². The summed E-state index contributed by atoms with van der Waals surface area (Å²) < 4.78 is 50.0. The molecule has 2 rings (SSSR count). The molecule has 8 heteroatoms. The maximum Gasteiger partial charge on any atom is 0.242 e. The highest BCUT2D eigenvalue weighted by atomic mass is 32.2. The second-order valence-electron chi connectivity index (χ2n) is 4.79. The molecule has 1 aliphatic rings. The molecule has 112 valence electrons. The van der Waals surface area contributed by atoms with Gasteiger partial charge in [0.15, 0.2) is 0 Å². The van der Waals surface area contributed by atoms with Gasteiger partial charge in [-0.3, -0.25) is 0 Å². The fourth-order valence-corrected chi connectivity index (χ4v) is 5.21. The molecule has 1 aromatic carbocycles. The van der Waals surface area contributed by atoms with Crippen LogP contribution in [0.25, 0.3) is 0 Å². The third-order valence-electron chi connectivity index (χ3n) is 3.32. The van der Waals surface area contributed by atoms with E-state index in [9.17, 15) is 16.8 Å². The second-order valence-corrected chi connectivity index (χ2v) is 8.78. The Morgan fingerprint density at radius 1 is 1.15 bits per heavy atom. The van der Waals surface area contributed by atoms with Crippen molar-refractivity contribution in [2.75, 3.05) is 23.9 Å². The van der Waals surface area contributed by atoms with Gasteiger partial charge in [-0.25, -0.2) is 21.6 Å². The van der Waals surface area contributed by atoms with Gasteiger partial charge in [-0.15, -0.1) is 0 Å². The van der Waals surface area contributed by atoms with Gasteiger partial charge in [-0.05, 0) is 25.0 Å². The highest BCUT2D eigenvalue weighted by molar-refractivity contribution is 7.91. The number of sulfonamides is 1. The Morgan fingerprint density at radius 3 is 2.35 bits per heavy atom. The predicted molar refractivity (Wildman–Crippen MR) is 78.0 cm³/mol. The van der Waals surface area contributed by atoms with Gasteiger partial charge in [-0.2, -0.15) is 0 Å². The van der Waals surface area contributed by atoms with Crippen LogP contribution in [0.3, 0.4) is 0 Å². The molecule has 0 saturated carbocycles. The summed E-state index contributed by atoms with van der Waals surface area (Å²) in [6.45, 7) is 0. The van der Waals surface area contributed by atoms with E-state index in [0.717, 1.165) is 0 Å². The quantitative estimate of drug-likeness (QED) is 0.847. The Kier molecular flexibility index (Phi) is 4.36. The summed E-state index contributed by atoms with van der Waals surface area (Å²) in [5, 5.41) is 2.84. The van der Waals surface area contributed by atoms with Gasteiger partial charge < -0.3 is 5.32 Å². The van der Waals surface area contributed by atoms with Gasteiger partial charge >= 0.3 is 0 Å². The predicted octanol–water partition coefficient (Wildman–Crippen LogP) is 0.584. The molecule has 0 amide bonds. The first-order valence-electron chi connectivity index (χ1n) is 6.33. The SMILES string of the molecule is CNc1ccccc1S(=O)(=O)NC1CCS(=O)(=O)CC1. The van der Waals surface area contributed by atoms with Gasteiger partial charge in [0, 0.05) is 13.1 Å². The van der Waals surface area contributed by atoms with Crippen molar-refractivity contribution in [1.29, 1.82) is 0 Å². The first kappa shape index (κ1) is 15.3. The van der Waals surface area contributed by atoms with E-state index >= 15 is 0 Å². The zero-order valence-corrected chi connectivity index (χ0v) is 12.8. The number of nitrogens with one attached hydrogen (secondary N) is 2. The maximum absolute atomic E-state index is 12.3. The molecule has 6 nitrogen and oxygen atoms in total. The van der Waals surface area contributed by atoms with Crippen LogP contribution in [0.2, 0.25) is 0 Å². The minimum absolute atomic E-state index is 0.0356. The lowest BCUT2D eigenvalue weighted by Gasteiger charge is -2.23. The van der Waals surface area contributed by atoms with Gasteiger partial charge in [0.1, 0.15) is 14.7 Å². The fraction of sp³-hybridized carbons (Fsp3) is 0.500. The fourth-order valence-electron chi connectivity index (χ4n) is 2.20. The van der Waals surface area contributed by atoms with Crippen molar-refractivity contribution in [1.82, 2.24) is 4.72 Å². The lowest BCUT2D eigenvalue weighted by molar-refractivity contribution is 0.505. The zero-order valence-electron chi connectivity index (χ0n) is 11.2. The molecule has 0 aliphatic carbocycles. The van der Waals surface area contributed by atoms with Crippen LogP contribution in [-0.4, -0.2) is 41.4 Å². The van der Waals surface area contributed by atoms with Crippen LogP contribution >= 0.6 is 0 Å². The summed E-state index contributed by atoms with van der Waals surface area (Å²) in [5.41, 5.74) is 0.517. The summed E-state index contributed by atoms with van der Waals surface area (Å²) >= 11 is 0. The summed E-state index contributed by atoms with van der Waals surface area (Å²) in [7, 11) is -4.99. The van der Waals surface area contributed by atoms with E-state index < -0.39 is 19.9 Å². The molecule has 20 heavy (non-hydrogen) atoms. The van der Waals surface area contributed by atoms with Crippen LogP contribution in [0.5, 0.6) is 0 Å². The van der Waals surface area contributed by atoms with Crippen molar-refractivity contribution in [2.24, 2.45) is 0 Å². The molecule has 0 aromatic heterocycles. The Morgan fingerprint density at radius 2 is 1.75 bits per heavy atom. The zero-order chi connectivity index (χ0) is 14.8. The summed E-state index contributed by atoms with van der Waals surface area (Å²) in [5.74, 6) is 0.0712. The molecule has 1 fully saturated rings. The van der Waals surface area contributed by atoms with E-state index in [1.165, 1.54) is 6.07 Å². The van der Waals surface area contributed by atoms with Crippen LogP contribution in [0, 0.1) is 0 Å². The lowest BCUT2D eigenvalue weighted by atomic mass is 10.2. The van der Waals surface area contributed by atoms with Crippen LogP contribution in [0.1, 0.15) is 12.8 Å². The number of benzene rings is 1. The third-order valence-corrected chi connectivity index (χ3v) is 6.62. The molecule has 2 N–H and O–H groups in total. The molecule has 0 spiro atoms. The molecule has 0 bridgehead atoms. The Bertz CT molecular complexity index is 669. The normalized spacial score (nSPS) is 19.6. The monoisotopic (exact) mass is 318 g/mol. The number of hydrogen-bond donors (Lipinski definition) is 2. The van der Waals surface area contributed by atoms with Crippen LogP contribution < -0.4 is 10.0 Å².